The van der Waals surface area contributed by atoms with Gasteiger partial charge in [0.25, 0.3) is 0 Å². The number of hydrogen-bond donors (Lipinski definition) is 1. The topological polar surface area (TPSA) is 56.2 Å². The van der Waals surface area contributed by atoms with Crippen LogP contribution in [-0.2, 0) is 17.8 Å². The van der Waals surface area contributed by atoms with Gasteiger partial charge in [0.2, 0.25) is 0 Å². The predicted molar refractivity (Wildman–Crippen MR) is 64.4 cm³/mol. The van der Waals surface area contributed by atoms with E-state index in [1.54, 1.807) is 13.0 Å². The van der Waals surface area contributed by atoms with E-state index in [0.29, 0.717) is 12.3 Å². The summed E-state index contributed by atoms with van der Waals surface area (Å²) in [5, 5.41) is 7.38. The molecule has 1 aliphatic heterocycles. The highest BCUT2D eigenvalue weighted by Crippen LogP contribution is 2.08. The molecule has 1 aliphatic rings. The Balaban J connectivity index is 0.00000112. The number of carbonyl (C=O) groups excluding carboxylic acids is 1. The van der Waals surface area contributed by atoms with Gasteiger partial charge < -0.3 is 10.1 Å². The molecule has 0 unspecified atom stereocenters. The van der Waals surface area contributed by atoms with Crippen molar-refractivity contribution in [3.05, 3.63) is 17.5 Å². The summed E-state index contributed by atoms with van der Waals surface area (Å²) in [6.45, 7) is 4.66. The molecule has 0 atom stereocenters. The zero-order valence-corrected chi connectivity index (χ0v) is 10.6. The van der Waals surface area contributed by atoms with Crippen molar-refractivity contribution < 1.29 is 9.53 Å². The molecule has 0 saturated heterocycles. The summed E-state index contributed by atoms with van der Waals surface area (Å²) in [4.78, 5) is 11.3. The Morgan fingerprint density at radius 1 is 1.62 bits per heavy atom. The monoisotopic (exact) mass is 267 g/mol. The van der Waals surface area contributed by atoms with Gasteiger partial charge in [-0.05, 0) is 13.0 Å². The number of esters is 1. The second-order valence-corrected chi connectivity index (χ2v) is 3.14. The molecule has 1 aromatic rings. The maximum absolute atomic E-state index is 11.3. The third kappa shape index (κ3) is 3.10. The summed E-state index contributed by atoms with van der Waals surface area (Å²) in [6, 6.07) is 1.78. The van der Waals surface area contributed by atoms with Gasteiger partial charge in [-0.25, -0.2) is 4.79 Å². The molecule has 0 radical (unpaired) electrons. The Hall–Kier alpha value is -0.780. The highest BCUT2D eigenvalue weighted by molar-refractivity contribution is 5.87. The van der Waals surface area contributed by atoms with Gasteiger partial charge in [-0.3, -0.25) is 4.68 Å². The molecule has 0 aliphatic carbocycles. The van der Waals surface area contributed by atoms with Crippen molar-refractivity contribution in [2.24, 2.45) is 0 Å². The molecule has 0 amide bonds. The zero-order chi connectivity index (χ0) is 9.97. The lowest BCUT2D eigenvalue weighted by Crippen LogP contribution is -2.28. The number of ether oxygens (including phenoxy) is 1. The van der Waals surface area contributed by atoms with E-state index in [-0.39, 0.29) is 30.8 Å². The SMILES string of the molecule is CCOC(=O)c1cc2n(n1)CCNC2.Cl.Cl. The normalized spacial score (nSPS) is 13.1. The summed E-state index contributed by atoms with van der Waals surface area (Å²) in [5.41, 5.74) is 1.45. The van der Waals surface area contributed by atoms with Gasteiger partial charge in [-0.2, -0.15) is 5.10 Å². The van der Waals surface area contributed by atoms with Crippen molar-refractivity contribution in [1.82, 2.24) is 15.1 Å². The fraction of sp³-hybridized carbons (Fsp3) is 0.556. The quantitative estimate of drug-likeness (QED) is 0.813. The van der Waals surface area contributed by atoms with E-state index >= 15 is 0 Å². The lowest BCUT2D eigenvalue weighted by atomic mass is 10.3. The summed E-state index contributed by atoms with van der Waals surface area (Å²) in [6.07, 6.45) is 0. The van der Waals surface area contributed by atoms with E-state index in [9.17, 15) is 4.79 Å². The molecule has 92 valence electrons. The van der Waals surface area contributed by atoms with Crippen LogP contribution in [0.15, 0.2) is 6.07 Å². The first-order valence-electron chi connectivity index (χ1n) is 4.76. The van der Waals surface area contributed by atoms with Gasteiger partial charge in [0.1, 0.15) is 0 Å². The third-order valence-corrected chi connectivity index (χ3v) is 2.15. The number of hydrogen-bond acceptors (Lipinski definition) is 4. The average Bonchev–Trinajstić information content (AvgIpc) is 2.61. The number of carbonyl (C=O) groups is 1. The van der Waals surface area contributed by atoms with Gasteiger partial charge in [0.05, 0.1) is 18.8 Å². The van der Waals surface area contributed by atoms with Gasteiger partial charge in [-0.1, -0.05) is 0 Å². The second kappa shape index (κ2) is 6.73. The smallest absolute Gasteiger partial charge is 0.358 e. The first-order chi connectivity index (χ1) is 6.81. The Kier molecular flexibility index (Phi) is 6.40. The number of halogens is 2. The van der Waals surface area contributed by atoms with Gasteiger partial charge >= 0.3 is 5.97 Å². The molecule has 0 fully saturated rings. The number of fused-ring (bicyclic) bond motifs is 1. The standard InChI is InChI=1S/C9H13N3O2.2ClH/c1-2-14-9(13)8-5-7-6-10-3-4-12(7)11-8;;/h5,10H,2-4,6H2,1H3;2*1H. The molecule has 0 spiro atoms. The highest BCUT2D eigenvalue weighted by atomic mass is 35.5. The van der Waals surface area contributed by atoms with Crippen molar-refractivity contribution in [3.8, 4) is 0 Å². The molecule has 1 N–H and O–H groups in total. The van der Waals surface area contributed by atoms with Crippen LogP contribution in [0.3, 0.4) is 0 Å². The van der Waals surface area contributed by atoms with E-state index in [1.807, 2.05) is 4.68 Å². The number of nitrogens with zero attached hydrogens (tertiary/aromatic N) is 2. The highest BCUT2D eigenvalue weighted by Gasteiger charge is 2.16. The number of rotatable bonds is 2. The van der Waals surface area contributed by atoms with E-state index in [1.165, 1.54) is 0 Å². The van der Waals surface area contributed by atoms with E-state index < -0.39 is 0 Å². The fourth-order valence-corrected chi connectivity index (χ4v) is 1.50. The molecule has 7 heteroatoms. The van der Waals surface area contributed by atoms with Crippen LogP contribution in [0.25, 0.3) is 0 Å². The fourth-order valence-electron chi connectivity index (χ4n) is 1.50. The van der Waals surface area contributed by atoms with Crippen LogP contribution in [0.4, 0.5) is 0 Å². The van der Waals surface area contributed by atoms with Crippen LogP contribution in [0.1, 0.15) is 23.1 Å². The van der Waals surface area contributed by atoms with Crippen LogP contribution < -0.4 is 5.32 Å². The van der Waals surface area contributed by atoms with Crippen molar-refractivity contribution in [2.75, 3.05) is 13.2 Å². The summed E-state index contributed by atoms with van der Waals surface area (Å²) < 4.78 is 6.72. The molecule has 16 heavy (non-hydrogen) atoms. The minimum Gasteiger partial charge on any atom is -0.461 e. The number of aromatic nitrogens is 2. The first-order valence-corrected chi connectivity index (χ1v) is 4.76. The van der Waals surface area contributed by atoms with E-state index in [0.717, 1.165) is 25.3 Å². The molecular weight excluding hydrogens is 253 g/mol. The van der Waals surface area contributed by atoms with E-state index in [4.69, 9.17) is 4.74 Å². The van der Waals surface area contributed by atoms with Crippen molar-refractivity contribution in [2.45, 2.75) is 20.0 Å². The van der Waals surface area contributed by atoms with Crippen LogP contribution in [0.2, 0.25) is 0 Å². The molecule has 0 aromatic carbocycles. The maximum Gasteiger partial charge on any atom is 0.358 e. The lowest BCUT2D eigenvalue weighted by Gasteiger charge is -2.13. The summed E-state index contributed by atoms with van der Waals surface area (Å²) in [5.74, 6) is -0.339. The molecular formula is C9H15Cl2N3O2. The lowest BCUT2D eigenvalue weighted by molar-refractivity contribution is 0.0518. The molecule has 5 nitrogen and oxygen atoms in total. The van der Waals surface area contributed by atoms with E-state index in [2.05, 4.69) is 10.4 Å². The Bertz CT molecular complexity index is 331. The molecule has 2 rings (SSSR count). The zero-order valence-electron chi connectivity index (χ0n) is 8.93. The Labute approximate surface area is 106 Å². The Morgan fingerprint density at radius 3 is 3.00 bits per heavy atom. The summed E-state index contributed by atoms with van der Waals surface area (Å²) in [7, 11) is 0. The molecule has 0 bridgehead atoms. The molecule has 1 aromatic heterocycles. The van der Waals surface area contributed by atoms with Crippen LogP contribution >= 0.6 is 24.8 Å². The third-order valence-electron chi connectivity index (χ3n) is 2.15. The minimum atomic E-state index is -0.339. The Morgan fingerprint density at radius 2 is 2.38 bits per heavy atom. The van der Waals surface area contributed by atoms with Crippen LogP contribution in [0, 0.1) is 0 Å². The van der Waals surface area contributed by atoms with Gasteiger partial charge in [-0.15, -0.1) is 24.8 Å². The van der Waals surface area contributed by atoms with Crippen LogP contribution in [-0.4, -0.2) is 28.9 Å². The first kappa shape index (κ1) is 15.2. The minimum absolute atomic E-state index is 0. The molecule has 2 heterocycles. The van der Waals surface area contributed by atoms with Gasteiger partial charge in [0, 0.05) is 13.1 Å². The second-order valence-electron chi connectivity index (χ2n) is 3.14. The largest absolute Gasteiger partial charge is 0.461 e. The predicted octanol–water partition coefficient (Wildman–Crippen LogP) is 1.01. The van der Waals surface area contributed by atoms with Gasteiger partial charge in [0.15, 0.2) is 5.69 Å². The maximum atomic E-state index is 11.3. The van der Waals surface area contributed by atoms with Crippen molar-refractivity contribution >= 4 is 30.8 Å². The van der Waals surface area contributed by atoms with Crippen molar-refractivity contribution in [3.63, 3.8) is 0 Å². The molecule has 0 saturated carbocycles. The van der Waals surface area contributed by atoms with Crippen molar-refractivity contribution in [1.29, 1.82) is 0 Å². The number of nitrogens with one attached hydrogen (secondary N) is 1. The average molecular weight is 268 g/mol. The van der Waals surface area contributed by atoms with Crippen LogP contribution in [0.5, 0.6) is 0 Å². The summed E-state index contributed by atoms with van der Waals surface area (Å²) >= 11 is 0.